The zero-order valence-corrected chi connectivity index (χ0v) is 12.2. The summed E-state index contributed by atoms with van der Waals surface area (Å²) in [5.41, 5.74) is 1.24. The minimum Gasteiger partial charge on any atom is -0.493 e. The van der Waals surface area contributed by atoms with Gasteiger partial charge in [0.05, 0.1) is 14.2 Å². The molecule has 0 aliphatic heterocycles. The Bertz CT molecular complexity index is 390. The number of rotatable bonds is 9. The molecule has 0 radical (unpaired) electrons. The Labute approximate surface area is 116 Å². The molecule has 0 aliphatic rings. The molecule has 1 atom stereocenters. The van der Waals surface area contributed by atoms with Crippen LogP contribution in [0.15, 0.2) is 30.9 Å². The highest BCUT2D eigenvalue weighted by atomic mass is 16.5. The fourth-order valence-electron chi connectivity index (χ4n) is 2.17. The minimum atomic E-state index is 0.352. The lowest BCUT2D eigenvalue weighted by molar-refractivity contribution is 0.353. The number of unbranched alkanes of at least 4 members (excludes halogenated alkanes) is 1. The van der Waals surface area contributed by atoms with Gasteiger partial charge in [-0.3, -0.25) is 0 Å². The second-order valence-electron chi connectivity index (χ2n) is 4.44. The molecule has 0 saturated carbocycles. The number of hydrogen-bond donors (Lipinski definition) is 1. The molecule has 0 bridgehead atoms. The molecule has 0 saturated heterocycles. The van der Waals surface area contributed by atoms with Crippen molar-refractivity contribution in [2.45, 2.75) is 32.2 Å². The highest BCUT2D eigenvalue weighted by Gasteiger charge is 2.13. The van der Waals surface area contributed by atoms with E-state index in [0.717, 1.165) is 37.3 Å². The van der Waals surface area contributed by atoms with Gasteiger partial charge in [0.1, 0.15) is 0 Å². The predicted molar refractivity (Wildman–Crippen MR) is 80.0 cm³/mol. The molecule has 3 nitrogen and oxygen atoms in total. The van der Waals surface area contributed by atoms with Gasteiger partial charge in [0, 0.05) is 6.04 Å². The summed E-state index contributed by atoms with van der Waals surface area (Å²) in [5, 5.41) is 3.52. The first-order valence-corrected chi connectivity index (χ1v) is 6.83. The minimum absolute atomic E-state index is 0.352. The first kappa shape index (κ1) is 15.6. The molecular weight excluding hydrogens is 238 g/mol. The summed E-state index contributed by atoms with van der Waals surface area (Å²) in [6.07, 6.45) is 5.25. The Kier molecular flexibility index (Phi) is 7.04. The summed E-state index contributed by atoms with van der Waals surface area (Å²) in [6, 6.07) is 6.47. The molecule has 19 heavy (non-hydrogen) atoms. The van der Waals surface area contributed by atoms with E-state index in [1.54, 1.807) is 14.2 Å². The predicted octanol–water partition coefficient (Wildman–Crippen LogP) is 3.71. The average molecular weight is 263 g/mol. The van der Waals surface area contributed by atoms with Crippen LogP contribution in [0, 0.1) is 0 Å². The van der Waals surface area contributed by atoms with Crippen LogP contribution in [-0.4, -0.2) is 20.8 Å². The van der Waals surface area contributed by atoms with Crippen molar-refractivity contribution in [3.8, 4) is 11.5 Å². The molecule has 1 unspecified atom stereocenters. The first-order valence-electron chi connectivity index (χ1n) is 6.83. The van der Waals surface area contributed by atoms with Crippen LogP contribution in [0.1, 0.15) is 37.8 Å². The summed E-state index contributed by atoms with van der Waals surface area (Å²) in [7, 11) is 3.32. The molecule has 106 valence electrons. The third-order valence-corrected chi connectivity index (χ3v) is 3.16. The molecule has 0 aromatic heterocycles. The number of benzene rings is 1. The maximum Gasteiger partial charge on any atom is 0.161 e. The Morgan fingerprint density at radius 2 is 2.00 bits per heavy atom. The van der Waals surface area contributed by atoms with Gasteiger partial charge in [-0.05, 0) is 43.5 Å². The van der Waals surface area contributed by atoms with Gasteiger partial charge in [0.15, 0.2) is 11.5 Å². The number of hydrogen-bond acceptors (Lipinski definition) is 3. The van der Waals surface area contributed by atoms with Crippen LogP contribution < -0.4 is 14.8 Å². The maximum absolute atomic E-state index is 5.36. The molecule has 0 heterocycles. The molecule has 0 amide bonds. The maximum atomic E-state index is 5.36. The van der Waals surface area contributed by atoms with E-state index >= 15 is 0 Å². The summed E-state index contributed by atoms with van der Waals surface area (Å²) < 4.78 is 10.6. The van der Waals surface area contributed by atoms with Crippen LogP contribution in [0.4, 0.5) is 0 Å². The van der Waals surface area contributed by atoms with Gasteiger partial charge in [-0.25, -0.2) is 0 Å². The Morgan fingerprint density at radius 1 is 1.26 bits per heavy atom. The van der Waals surface area contributed by atoms with Crippen molar-refractivity contribution in [3.05, 3.63) is 36.4 Å². The van der Waals surface area contributed by atoms with Crippen LogP contribution in [-0.2, 0) is 0 Å². The molecule has 1 aromatic rings. The zero-order chi connectivity index (χ0) is 14.1. The van der Waals surface area contributed by atoms with E-state index in [-0.39, 0.29) is 0 Å². The standard InChI is InChI=1S/C16H25NO2/c1-5-7-8-9-14(17-6-2)13-10-11-15(18-3)16(12-13)19-4/h5,10-12,14,17H,1,6-9H2,2-4H3. The van der Waals surface area contributed by atoms with Crippen molar-refractivity contribution in [2.24, 2.45) is 0 Å². The summed E-state index contributed by atoms with van der Waals surface area (Å²) >= 11 is 0. The molecule has 3 heteroatoms. The molecule has 0 aliphatic carbocycles. The molecule has 1 rings (SSSR count). The number of allylic oxidation sites excluding steroid dienone is 1. The van der Waals surface area contributed by atoms with E-state index in [4.69, 9.17) is 9.47 Å². The van der Waals surface area contributed by atoms with Crippen LogP contribution in [0.3, 0.4) is 0 Å². The van der Waals surface area contributed by atoms with E-state index in [2.05, 4.69) is 31.0 Å². The highest BCUT2D eigenvalue weighted by Crippen LogP contribution is 2.31. The summed E-state index contributed by atoms with van der Waals surface area (Å²) in [5.74, 6) is 1.55. The van der Waals surface area contributed by atoms with E-state index in [0.29, 0.717) is 6.04 Å². The fraction of sp³-hybridized carbons (Fsp3) is 0.500. The van der Waals surface area contributed by atoms with E-state index in [9.17, 15) is 0 Å². The van der Waals surface area contributed by atoms with Crippen molar-refractivity contribution in [1.82, 2.24) is 5.32 Å². The van der Waals surface area contributed by atoms with Crippen molar-refractivity contribution in [3.63, 3.8) is 0 Å². The first-order chi connectivity index (χ1) is 9.26. The Hall–Kier alpha value is -1.48. The monoisotopic (exact) mass is 263 g/mol. The number of methoxy groups -OCH3 is 2. The van der Waals surface area contributed by atoms with Gasteiger partial charge in [-0.15, -0.1) is 6.58 Å². The topological polar surface area (TPSA) is 30.5 Å². The fourth-order valence-corrected chi connectivity index (χ4v) is 2.17. The van der Waals surface area contributed by atoms with Crippen LogP contribution in [0.2, 0.25) is 0 Å². The summed E-state index contributed by atoms with van der Waals surface area (Å²) in [4.78, 5) is 0. The van der Waals surface area contributed by atoms with Gasteiger partial charge in [0.2, 0.25) is 0 Å². The molecule has 0 spiro atoms. The second kappa shape index (κ2) is 8.59. The lowest BCUT2D eigenvalue weighted by atomic mass is 10.0. The zero-order valence-electron chi connectivity index (χ0n) is 12.2. The van der Waals surface area contributed by atoms with Crippen LogP contribution >= 0.6 is 0 Å². The normalized spacial score (nSPS) is 11.9. The largest absolute Gasteiger partial charge is 0.493 e. The van der Waals surface area contributed by atoms with Crippen molar-refractivity contribution >= 4 is 0 Å². The van der Waals surface area contributed by atoms with Gasteiger partial charge in [-0.2, -0.15) is 0 Å². The van der Waals surface area contributed by atoms with Gasteiger partial charge in [-0.1, -0.05) is 19.1 Å². The van der Waals surface area contributed by atoms with Crippen molar-refractivity contribution in [1.29, 1.82) is 0 Å². The van der Waals surface area contributed by atoms with Crippen LogP contribution in [0.25, 0.3) is 0 Å². The van der Waals surface area contributed by atoms with E-state index in [1.165, 1.54) is 5.56 Å². The second-order valence-corrected chi connectivity index (χ2v) is 4.44. The smallest absolute Gasteiger partial charge is 0.161 e. The SMILES string of the molecule is C=CCCCC(NCC)c1ccc(OC)c(OC)c1. The van der Waals surface area contributed by atoms with E-state index in [1.807, 2.05) is 12.1 Å². The number of ether oxygens (including phenoxy) is 2. The van der Waals surface area contributed by atoms with Gasteiger partial charge >= 0.3 is 0 Å². The lowest BCUT2D eigenvalue weighted by Crippen LogP contribution is -2.20. The molecular formula is C16H25NO2. The number of nitrogens with one attached hydrogen (secondary N) is 1. The average Bonchev–Trinajstić information content (AvgIpc) is 2.45. The van der Waals surface area contributed by atoms with Crippen molar-refractivity contribution < 1.29 is 9.47 Å². The third kappa shape index (κ3) is 4.60. The van der Waals surface area contributed by atoms with Gasteiger partial charge in [0.25, 0.3) is 0 Å². The molecule has 1 aromatic carbocycles. The van der Waals surface area contributed by atoms with Crippen molar-refractivity contribution in [2.75, 3.05) is 20.8 Å². The van der Waals surface area contributed by atoms with Crippen LogP contribution in [0.5, 0.6) is 11.5 Å². The highest BCUT2D eigenvalue weighted by molar-refractivity contribution is 5.43. The Balaban J connectivity index is 2.85. The van der Waals surface area contributed by atoms with E-state index < -0.39 is 0 Å². The lowest BCUT2D eigenvalue weighted by Gasteiger charge is -2.19. The molecule has 1 N–H and O–H groups in total. The third-order valence-electron chi connectivity index (χ3n) is 3.16. The molecule has 0 fully saturated rings. The van der Waals surface area contributed by atoms with Gasteiger partial charge < -0.3 is 14.8 Å². The Morgan fingerprint density at radius 3 is 2.58 bits per heavy atom. The summed E-state index contributed by atoms with van der Waals surface area (Å²) in [6.45, 7) is 6.85. The quantitative estimate of drug-likeness (QED) is 0.544.